The van der Waals surface area contributed by atoms with Gasteiger partial charge in [-0.3, -0.25) is 14.2 Å². The predicted molar refractivity (Wildman–Crippen MR) is 117 cm³/mol. The zero-order chi connectivity index (χ0) is 20.2. The SMILES string of the molecule is C[C@@H](C(=O)NN=CC=Cc1ccccc1)n1cnc2sc3c(c2c1=O)CCCC3. The number of hydrogen-bond acceptors (Lipinski definition) is 5. The zero-order valence-electron chi connectivity index (χ0n) is 16.2. The molecule has 1 atom stereocenters. The van der Waals surface area contributed by atoms with E-state index < -0.39 is 6.04 Å². The molecule has 7 heteroatoms. The maximum atomic E-state index is 13.0. The normalized spacial score (nSPS) is 15.1. The van der Waals surface area contributed by atoms with Crippen LogP contribution >= 0.6 is 11.3 Å². The van der Waals surface area contributed by atoms with E-state index in [1.165, 1.54) is 22.0 Å². The molecule has 0 fully saturated rings. The Labute approximate surface area is 172 Å². The Morgan fingerprint density at radius 2 is 2.07 bits per heavy atom. The van der Waals surface area contributed by atoms with Gasteiger partial charge in [0.05, 0.1) is 11.7 Å². The molecule has 3 aromatic rings. The van der Waals surface area contributed by atoms with Gasteiger partial charge >= 0.3 is 0 Å². The van der Waals surface area contributed by atoms with Crippen molar-refractivity contribution in [3.63, 3.8) is 0 Å². The number of fused-ring (bicyclic) bond motifs is 3. The van der Waals surface area contributed by atoms with E-state index >= 15 is 0 Å². The fraction of sp³-hybridized carbons (Fsp3) is 0.273. The van der Waals surface area contributed by atoms with Crippen molar-refractivity contribution in [3.8, 4) is 0 Å². The number of benzene rings is 1. The Kier molecular flexibility index (Phi) is 5.67. The van der Waals surface area contributed by atoms with Crippen LogP contribution in [0.4, 0.5) is 0 Å². The summed E-state index contributed by atoms with van der Waals surface area (Å²) < 4.78 is 1.40. The first-order valence-electron chi connectivity index (χ1n) is 9.71. The highest BCUT2D eigenvalue weighted by Gasteiger charge is 2.23. The molecule has 0 saturated carbocycles. The van der Waals surface area contributed by atoms with Crippen molar-refractivity contribution < 1.29 is 4.79 Å². The van der Waals surface area contributed by atoms with Crippen molar-refractivity contribution in [1.82, 2.24) is 15.0 Å². The predicted octanol–water partition coefficient (Wildman–Crippen LogP) is 3.71. The van der Waals surface area contributed by atoms with Crippen LogP contribution < -0.4 is 11.0 Å². The number of aromatic nitrogens is 2. The van der Waals surface area contributed by atoms with Gasteiger partial charge in [0.15, 0.2) is 0 Å². The zero-order valence-corrected chi connectivity index (χ0v) is 17.0. The van der Waals surface area contributed by atoms with E-state index in [4.69, 9.17) is 0 Å². The number of nitrogens with one attached hydrogen (secondary N) is 1. The van der Waals surface area contributed by atoms with Crippen molar-refractivity contribution in [2.75, 3.05) is 0 Å². The highest BCUT2D eigenvalue weighted by atomic mass is 32.1. The van der Waals surface area contributed by atoms with Crippen LogP contribution in [0.1, 0.15) is 41.8 Å². The quantitative estimate of drug-likeness (QED) is 0.518. The number of hydrogen-bond donors (Lipinski definition) is 1. The average Bonchev–Trinajstić information content (AvgIpc) is 3.13. The van der Waals surface area contributed by atoms with Crippen LogP contribution in [0.5, 0.6) is 0 Å². The molecule has 1 aliphatic rings. The Morgan fingerprint density at radius 3 is 2.90 bits per heavy atom. The molecule has 1 aliphatic carbocycles. The second-order valence-corrected chi connectivity index (χ2v) is 8.13. The lowest BCUT2D eigenvalue weighted by molar-refractivity contribution is -0.123. The van der Waals surface area contributed by atoms with Gasteiger partial charge in [0.25, 0.3) is 11.5 Å². The minimum absolute atomic E-state index is 0.148. The molecule has 1 aromatic carbocycles. The summed E-state index contributed by atoms with van der Waals surface area (Å²) >= 11 is 1.60. The number of rotatable bonds is 5. The molecule has 0 spiro atoms. The van der Waals surface area contributed by atoms with Crippen molar-refractivity contribution in [2.24, 2.45) is 5.10 Å². The third kappa shape index (κ3) is 4.05. The summed E-state index contributed by atoms with van der Waals surface area (Å²) in [5, 5.41) is 4.62. The van der Waals surface area contributed by atoms with Crippen LogP contribution in [-0.2, 0) is 17.6 Å². The molecule has 2 heterocycles. The third-order valence-electron chi connectivity index (χ3n) is 5.12. The molecule has 0 radical (unpaired) electrons. The first kappa shape index (κ1) is 19.3. The summed E-state index contributed by atoms with van der Waals surface area (Å²) in [5.41, 5.74) is 4.51. The van der Waals surface area contributed by atoms with Gasteiger partial charge in [-0.2, -0.15) is 5.10 Å². The van der Waals surface area contributed by atoms with Gasteiger partial charge in [0, 0.05) is 11.1 Å². The molecule has 4 rings (SSSR count). The fourth-order valence-electron chi connectivity index (χ4n) is 3.52. The number of nitrogens with zero attached hydrogens (tertiary/aromatic N) is 3. The number of allylic oxidation sites excluding steroid dienone is 1. The summed E-state index contributed by atoms with van der Waals surface area (Å²) in [5.74, 6) is -0.360. The van der Waals surface area contributed by atoms with Crippen molar-refractivity contribution in [2.45, 2.75) is 38.6 Å². The maximum Gasteiger partial charge on any atom is 0.263 e. The second kappa shape index (κ2) is 8.53. The number of hydrazone groups is 1. The molecule has 2 aromatic heterocycles. The molecular formula is C22H22N4O2S. The highest BCUT2D eigenvalue weighted by molar-refractivity contribution is 7.18. The molecule has 0 unspecified atom stereocenters. The number of thiophene rings is 1. The van der Waals surface area contributed by atoms with E-state index in [1.54, 1.807) is 24.3 Å². The van der Waals surface area contributed by atoms with Crippen LogP contribution in [-0.4, -0.2) is 21.7 Å². The topological polar surface area (TPSA) is 76.3 Å². The average molecular weight is 407 g/mol. The molecule has 0 aliphatic heterocycles. The largest absolute Gasteiger partial charge is 0.286 e. The van der Waals surface area contributed by atoms with E-state index in [0.29, 0.717) is 5.39 Å². The van der Waals surface area contributed by atoms with Gasteiger partial charge in [-0.25, -0.2) is 10.4 Å². The summed E-state index contributed by atoms with van der Waals surface area (Å²) in [4.78, 5) is 32.0. The summed E-state index contributed by atoms with van der Waals surface area (Å²) in [6, 6.07) is 9.11. The Balaban J connectivity index is 1.48. The molecule has 29 heavy (non-hydrogen) atoms. The first-order chi connectivity index (χ1) is 14.1. The van der Waals surface area contributed by atoms with Gasteiger partial charge in [0.2, 0.25) is 0 Å². The lowest BCUT2D eigenvalue weighted by Crippen LogP contribution is -2.34. The van der Waals surface area contributed by atoms with Gasteiger partial charge in [-0.15, -0.1) is 11.3 Å². The third-order valence-corrected chi connectivity index (χ3v) is 6.32. The lowest BCUT2D eigenvalue weighted by Gasteiger charge is -2.14. The number of carbonyl (C=O) groups excluding carboxylic acids is 1. The van der Waals surface area contributed by atoms with Crippen LogP contribution in [0.2, 0.25) is 0 Å². The first-order valence-corrected chi connectivity index (χ1v) is 10.5. The second-order valence-electron chi connectivity index (χ2n) is 7.05. The minimum Gasteiger partial charge on any atom is -0.286 e. The summed E-state index contributed by atoms with van der Waals surface area (Å²) in [7, 11) is 0. The molecular weight excluding hydrogens is 384 g/mol. The fourth-order valence-corrected chi connectivity index (χ4v) is 4.74. The van der Waals surface area contributed by atoms with Crippen LogP contribution in [0.15, 0.2) is 52.6 Å². The minimum atomic E-state index is -0.700. The number of amides is 1. The van der Waals surface area contributed by atoms with E-state index in [1.807, 2.05) is 36.4 Å². The van der Waals surface area contributed by atoms with Crippen molar-refractivity contribution in [1.29, 1.82) is 0 Å². The van der Waals surface area contributed by atoms with Gasteiger partial charge in [-0.1, -0.05) is 36.4 Å². The Hall–Kier alpha value is -3.06. The van der Waals surface area contributed by atoms with Crippen LogP contribution in [0, 0.1) is 0 Å². The molecule has 0 bridgehead atoms. The van der Waals surface area contributed by atoms with Gasteiger partial charge in [-0.05, 0) is 49.8 Å². The summed E-state index contributed by atoms with van der Waals surface area (Å²) in [6.07, 6.45) is 10.8. The lowest BCUT2D eigenvalue weighted by atomic mass is 9.97. The van der Waals surface area contributed by atoms with Crippen LogP contribution in [0.25, 0.3) is 16.3 Å². The van der Waals surface area contributed by atoms with Crippen molar-refractivity contribution in [3.05, 3.63) is 69.1 Å². The van der Waals surface area contributed by atoms with E-state index in [9.17, 15) is 9.59 Å². The molecule has 0 saturated heterocycles. The van der Waals surface area contributed by atoms with E-state index in [0.717, 1.165) is 41.6 Å². The van der Waals surface area contributed by atoms with Gasteiger partial charge < -0.3 is 0 Å². The molecule has 6 nitrogen and oxygen atoms in total. The van der Waals surface area contributed by atoms with E-state index in [-0.39, 0.29) is 11.5 Å². The highest BCUT2D eigenvalue weighted by Crippen LogP contribution is 2.33. The number of aryl methyl sites for hydroxylation is 2. The molecule has 1 N–H and O–H groups in total. The monoisotopic (exact) mass is 406 g/mol. The van der Waals surface area contributed by atoms with Gasteiger partial charge in [0.1, 0.15) is 10.9 Å². The standard InChI is InChI=1S/C22H22N4O2S/c1-15(20(27)25-24-13-7-10-16-8-3-2-4-9-16)26-14-23-21-19(22(26)28)17-11-5-6-12-18(17)29-21/h2-4,7-10,13-15H,5-6,11-12H2,1H3,(H,25,27)/t15-/m0/s1. The Bertz CT molecular complexity index is 1140. The molecule has 1 amide bonds. The van der Waals surface area contributed by atoms with E-state index in [2.05, 4.69) is 15.5 Å². The summed E-state index contributed by atoms with van der Waals surface area (Å²) in [6.45, 7) is 1.68. The molecule has 148 valence electrons. The Morgan fingerprint density at radius 1 is 1.28 bits per heavy atom. The maximum absolute atomic E-state index is 13.0. The number of carbonyl (C=O) groups is 1. The van der Waals surface area contributed by atoms with Crippen LogP contribution in [0.3, 0.4) is 0 Å². The smallest absolute Gasteiger partial charge is 0.263 e. The van der Waals surface area contributed by atoms with Crippen molar-refractivity contribution >= 4 is 39.8 Å².